The maximum absolute atomic E-state index is 12.7. The smallest absolute Gasteiger partial charge is 0.258 e. The minimum Gasteiger partial charge on any atom is -0.309 e. The standard InChI is InChI=1S/C17H18BrNO/c1-4-19(15-9-5-12(2)6-10-15)17(20)16-11-14(18)8-7-13(16)3/h5-11H,4H2,1-3H3. The van der Waals surface area contributed by atoms with Crippen LogP contribution in [-0.4, -0.2) is 12.5 Å². The van der Waals surface area contributed by atoms with Crippen molar-refractivity contribution in [1.82, 2.24) is 0 Å². The number of amides is 1. The fraction of sp³-hybridized carbons (Fsp3) is 0.235. The second-order valence-corrected chi connectivity index (χ2v) is 5.76. The second-order valence-electron chi connectivity index (χ2n) is 4.84. The Balaban J connectivity index is 2.38. The van der Waals surface area contributed by atoms with Crippen molar-refractivity contribution in [3.8, 4) is 0 Å². The number of carbonyl (C=O) groups is 1. The predicted octanol–water partition coefficient (Wildman–Crippen LogP) is 4.73. The molecule has 104 valence electrons. The fourth-order valence-corrected chi connectivity index (χ4v) is 2.50. The number of anilines is 1. The number of halogens is 1. The number of rotatable bonds is 3. The molecular weight excluding hydrogens is 314 g/mol. The van der Waals surface area contributed by atoms with Crippen molar-refractivity contribution in [2.45, 2.75) is 20.8 Å². The van der Waals surface area contributed by atoms with E-state index in [4.69, 9.17) is 0 Å². The fourth-order valence-electron chi connectivity index (χ4n) is 2.14. The Morgan fingerprint density at radius 1 is 1.10 bits per heavy atom. The van der Waals surface area contributed by atoms with Crippen LogP contribution in [0.15, 0.2) is 46.9 Å². The maximum Gasteiger partial charge on any atom is 0.258 e. The molecule has 0 aliphatic carbocycles. The number of carbonyl (C=O) groups excluding carboxylic acids is 1. The summed E-state index contributed by atoms with van der Waals surface area (Å²) < 4.78 is 0.923. The molecule has 0 bridgehead atoms. The Kier molecular flexibility index (Phi) is 4.61. The van der Waals surface area contributed by atoms with E-state index in [0.717, 1.165) is 21.3 Å². The van der Waals surface area contributed by atoms with Crippen LogP contribution in [0.2, 0.25) is 0 Å². The zero-order valence-electron chi connectivity index (χ0n) is 12.0. The molecule has 2 rings (SSSR count). The van der Waals surface area contributed by atoms with E-state index in [1.807, 2.05) is 63.2 Å². The Morgan fingerprint density at radius 2 is 1.75 bits per heavy atom. The molecule has 2 aromatic rings. The van der Waals surface area contributed by atoms with E-state index < -0.39 is 0 Å². The van der Waals surface area contributed by atoms with E-state index >= 15 is 0 Å². The van der Waals surface area contributed by atoms with Crippen molar-refractivity contribution in [3.05, 3.63) is 63.6 Å². The van der Waals surface area contributed by atoms with Crippen LogP contribution in [0.25, 0.3) is 0 Å². The molecular formula is C17H18BrNO. The van der Waals surface area contributed by atoms with Crippen LogP contribution < -0.4 is 4.90 Å². The Labute approximate surface area is 128 Å². The number of hydrogen-bond acceptors (Lipinski definition) is 1. The summed E-state index contributed by atoms with van der Waals surface area (Å²) in [6, 6.07) is 13.8. The van der Waals surface area contributed by atoms with E-state index in [1.165, 1.54) is 5.56 Å². The molecule has 20 heavy (non-hydrogen) atoms. The van der Waals surface area contributed by atoms with E-state index in [0.29, 0.717) is 6.54 Å². The van der Waals surface area contributed by atoms with Crippen LogP contribution in [0.3, 0.4) is 0 Å². The van der Waals surface area contributed by atoms with Gasteiger partial charge in [0.05, 0.1) is 0 Å². The van der Waals surface area contributed by atoms with Gasteiger partial charge in [0.15, 0.2) is 0 Å². The van der Waals surface area contributed by atoms with Gasteiger partial charge in [0.2, 0.25) is 0 Å². The quantitative estimate of drug-likeness (QED) is 0.795. The molecule has 0 aliphatic heterocycles. The molecule has 1 amide bonds. The van der Waals surface area contributed by atoms with Crippen molar-refractivity contribution in [2.75, 3.05) is 11.4 Å². The molecule has 3 heteroatoms. The average Bonchev–Trinajstić information content (AvgIpc) is 2.44. The van der Waals surface area contributed by atoms with Crippen LogP contribution in [0, 0.1) is 13.8 Å². The first-order valence-electron chi connectivity index (χ1n) is 6.67. The van der Waals surface area contributed by atoms with Crippen molar-refractivity contribution in [3.63, 3.8) is 0 Å². The zero-order chi connectivity index (χ0) is 14.7. The lowest BCUT2D eigenvalue weighted by molar-refractivity contribution is 0.0987. The summed E-state index contributed by atoms with van der Waals surface area (Å²) in [5.74, 6) is 0.0372. The van der Waals surface area contributed by atoms with Gasteiger partial charge in [-0.15, -0.1) is 0 Å². The summed E-state index contributed by atoms with van der Waals surface area (Å²) >= 11 is 3.43. The van der Waals surface area contributed by atoms with Crippen LogP contribution in [-0.2, 0) is 0 Å². The summed E-state index contributed by atoms with van der Waals surface area (Å²) in [4.78, 5) is 14.5. The van der Waals surface area contributed by atoms with Crippen molar-refractivity contribution >= 4 is 27.5 Å². The maximum atomic E-state index is 12.7. The monoisotopic (exact) mass is 331 g/mol. The second kappa shape index (κ2) is 6.23. The van der Waals surface area contributed by atoms with Crippen LogP contribution in [0.4, 0.5) is 5.69 Å². The molecule has 0 saturated carbocycles. The van der Waals surface area contributed by atoms with Gasteiger partial charge in [-0.2, -0.15) is 0 Å². The number of benzene rings is 2. The summed E-state index contributed by atoms with van der Waals surface area (Å²) in [6.45, 7) is 6.64. The molecule has 0 fully saturated rings. The van der Waals surface area contributed by atoms with Gasteiger partial charge >= 0.3 is 0 Å². The third-order valence-corrected chi connectivity index (χ3v) is 3.83. The molecule has 0 aliphatic rings. The lowest BCUT2D eigenvalue weighted by atomic mass is 10.1. The lowest BCUT2D eigenvalue weighted by Crippen LogP contribution is -2.31. The molecule has 2 aromatic carbocycles. The zero-order valence-corrected chi connectivity index (χ0v) is 13.6. The van der Waals surface area contributed by atoms with Crippen molar-refractivity contribution < 1.29 is 4.79 Å². The first kappa shape index (κ1) is 14.8. The van der Waals surface area contributed by atoms with Gasteiger partial charge in [-0.1, -0.05) is 39.7 Å². The van der Waals surface area contributed by atoms with E-state index in [2.05, 4.69) is 15.9 Å². The number of nitrogens with zero attached hydrogens (tertiary/aromatic N) is 1. The molecule has 0 saturated heterocycles. The molecule has 0 unspecified atom stereocenters. The minimum atomic E-state index is 0.0372. The molecule has 0 spiro atoms. The van der Waals surface area contributed by atoms with Crippen molar-refractivity contribution in [1.29, 1.82) is 0 Å². The molecule has 0 heterocycles. The van der Waals surface area contributed by atoms with Crippen LogP contribution >= 0.6 is 15.9 Å². The van der Waals surface area contributed by atoms with E-state index in [9.17, 15) is 4.79 Å². The Bertz CT molecular complexity index is 619. The van der Waals surface area contributed by atoms with E-state index in [1.54, 1.807) is 4.90 Å². The summed E-state index contributed by atoms with van der Waals surface area (Å²) in [5.41, 5.74) is 3.85. The van der Waals surface area contributed by atoms with Gasteiger partial charge in [0.25, 0.3) is 5.91 Å². The topological polar surface area (TPSA) is 20.3 Å². The van der Waals surface area contributed by atoms with Gasteiger partial charge < -0.3 is 4.90 Å². The van der Waals surface area contributed by atoms with Gasteiger partial charge in [0.1, 0.15) is 0 Å². The highest BCUT2D eigenvalue weighted by molar-refractivity contribution is 9.10. The van der Waals surface area contributed by atoms with Crippen molar-refractivity contribution in [2.24, 2.45) is 0 Å². The average molecular weight is 332 g/mol. The number of hydrogen-bond donors (Lipinski definition) is 0. The van der Waals surface area contributed by atoms with Gasteiger partial charge in [-0.05, 0) is 50.6 Å². The first-order chi connectivity index (χ1) is 9.52. The highest BCUT2D eigenvalue weighted by Gasteiger charge is 2.18. The third-order valence-electron chi connectivity index (χ3n) is 3.34. The molecule has 0 aromatic heterocycles. The predicted molar refractivity (Wildman–Crippen MR) is 87.4 cm³/mol. The molecule has 0 N–H and O–H groups in total. The van der Waals surface area contributed by atoms with Crippen LogP contribution in [0.1, 0.15) is 28.4 Å². The highest BCUT2D eigenvalue weighted by atomic mass is 79.9. The SMILES string of the molecule is CCN(C(=O)c1cc(Br)ccc1C)c1ccc(C)cc1. The summed E-state index contributed by atoms with van der Waals surface area (Å²) in [6.07, 6.45) is 0. The third kappa shape index (κ3) is 3.10. The lowest BCUT2D eigenvalue weighted by Gasteiger charge is -2.22. The first-order valence-corrected chi connectivity index (χ1v) is 7.47. The number of aryl methyl sites for hydroxylation is 2. The van der Waals surface area contributed by atoms with Gasteiger partial charge in [-0.3, -0.25) is 4.79 Å². The van der Waals surface area contributed by atoms with Crippen LogP contribution in [0.5, 0.6) is 0 Å². The minimum absolute atomic E-state index is 0.0372. The highest BCUT2D eigenvalue weighted by Crippen LogP contribution is 2.22. The molecule has 0 radical (unpaired) electrons. The largest absolute Gasteiger partial charge is 0.309 e. The molecule has 0 atom stereocenters. The summed E-state index contributed by atoms with van der Waals surface area (Å²) in [7, 11) is 0. The summed E-state index contributed by atoms with van der Waals surface area (Å²) in [5, 5.41) is 0. The van der Waals surface area contributed by atoms with E-state index in [-0.39, 0.29) is 5.91 Å². The van der Waals surface area contributed by atoms with Gasteiger partial charge in [0, 0.05) is 22.3 Å². The molecule has 2 nitrogen and oxygen atoms in total. The van der Waals surface area contributed by atoms with Gasteiger partial charge in [-0.25, -0.2) is 0 Å². The Morgan fingerprint density at radius 3 is 2.35 bits per heavy atom. The Hall–Kier alpha value is -1.61. The normalized spacial score (nSPS) is 10.4.